The first-order chi connectivity index (χ1) is 12.5. The van der Waals surface area contributed by atoms with Crippen LogP contribution in [0.25, 0.3) is 11.1 Å². The van der Waals surface area contributed by atoms with Gasteiger partial charge in [-0.1, -0.05) is 38.1 Å². The summed E-state index contributed by atoms with van der Waals surface area (Å²) >= 11 is 0. The van der Waals surface area contributed by atoms with Crippen LogP contribution in [0, 0.1) is 5.82 Å². The molecule has 2 rings (SSSR count). The highest BCUT2D eigenvalue weighted by molar-refractivity contribution is 5.89. The van der Waals surface area contributed by atoms with Crippen LogP contribution < -0.4 is 9.47 Å². The van der Waals surface area contributed by atoms with Crippen LogP contribution in [0.2, 0.25) is 0 Å². The number of aliphatic hydroxyl groups excluding tert-OH is 1. The predicted molar refractivity (Wildman–Crippen MR) is 98.9 cm³/mol. The molecule has 0 amide bonds. The van der Waals surface area contributed by atoms with Gasteiger partial charge in [0.25, 0.3) is 0 Å². The lowest BCUT2D eigenvalue weighted by Crippen LogP contribution is -2.10. The zero-order chi connectivity index (χ0) is 19.1. The van der Waals surface area contributed by atoms with Gasteiger partial charge in [-0.25, -0.2) is 9.18 Å². The third kappa shape index (κ3) is 4.92. The zero-order valence-corrected chi connectivity index (χ0v) is 15.0. The monoisotopic (exact) mass is 358 g/mol. The standard InChI is InChI=1S/C21H23FO4/c1-4-5-15-6-8-17(18(22)12-15)16-7-9-19(25-11-10-23)20(13-16)26-21(24)14(2)3/h6-9,12-13,23H,2,4-5,10-11H2,1,3H3. The van der Waals surface area contributed by atoms with Crippen molar-refractivity contribution in [2.75, 3.05) is 13.2 Å². The Morgan fingerprint density at radius 1 is 1.19 bits per heavy atom. The summed E-state index contributed by atoms with van der Waals surface area (Å²) in [5.41, 5.74) is 2.14. The summed E-state index contributed by atoms with van der Waals surface area (Å²) in [5.74, 6) is -0.492. The van der Waals surface area contributed by atoms with E-state index in [4.69, 9.17) is 14.6 Å². The SMILES string of the molecule is C=C(C)C(=O)Oc1cc(-c2ccc(CCC)cc2F)ccc1OCCO. The molecule has 0 radical (unpaired) electrons. The van der Waals surface area contributed by atoms with Crippen LogP contribution in [-0.4, -0.2) is 24.3 Å². The van der Waals surface area contributed by atoms with Crippen LogP contribution in [0.15, 0.2) is 48.6 Å². The second-order valence-electron chi connectivity index (χ2n) is 5.97. The molecule has 0 heterocycles. The Bertz CT molecular complexity index is 799. The molecule has 0 unspecified atom stereocenters. The van der Waals surface area contributed by atoms with Crippen molar-refractivity contribution in [3.8, 4) is 22.6 Å². The van der Waals surface area contributed by atoms with E-state index in [0.29, 0.717) is 16.9 Å². The highest BCUT2D eigenvalue weighted by Gasteiger charge is 2.15. The summed E-state index contributed by atoms with van der Waals surface area (Å²) < 4.78 is 25.2. The van der Waals surface area contributed by atoms with Gasteiger partial charge in [0.1, 0.15) is 12.4 Å². The molecule has 2 aromatic carbocycles. The summed E-state index contributed by atoms with van der Waals surface area (Å²) in [6.45, 7) is 7.00. The molecule has 0 fully saturated rings. The minimum Gasteiger partial charge on any atom is -0.487 e. The van der Waals surface area contributed by atoms with Gasteiger partial charge in [-0.15, -0.1) is 0 Å². The van der Waals surface area contributed by atoms with Gasteiger partial charge >= 0.3 is 5.97 Å². The van der Waals surface area contributed by atoms with Crippen molar-refractivity contribution in [2.24, 2.45) is 0 Å². The average molecular weight is 358 g/mol. The van der Waals surface area contributed by atoms with Gasteiger partial charge in [0.15, 0.2) is 11.5 Å². The van der Waals surface area contributed by atoms with Gasteiger partial charge in [0, 0.05) is 11.1 Å². The fourth-order valence-electron chi connectivity index (χ4n) is 2.45. The van der Waals surface area contributed by atoms with Crippen molar-refractivity contribution in [3.05, 3.63) is 59.9 Å². The molecule has 2 aromatic rings. The number of benzene rings is 2. The zero-order valence-electron chi connectivity index (χ0n) is 15.0. The number of hydrogen-bond acceptors (Lipinski definition) is 4. The van der Waals surface area contributed by atoms with E-state index < -0.39 is 5.97 Å². The lowest BCUT2D eigenvalue weighted by molar-refractivity contribution is -0.130. The molecule has 0 saturated carbocycles. The van der Waals surface area contributed by atoms with E-state index in [0.717, 1.165) is 18.4 Å². The third-order valence-corrected chi connectivity index (χ3v) is 3.73. The smallest absolute Gasteiger partial charge is 0.338 e. The lowest BCUT2D eigenvalue weighted by atomic mass is 10.0. The summed E-state index contributed by atoms with van der Waals surface area (Å²) in [7, 11) is 0. The molecule has 0 saturated heterocycles. The number of carbonyl (C=O) groups excluding carboxylic acids is 1. The second kappa shape index (κ2) is 9.15. The van der Waals surface area contributed by atoms with Crippen molar-refractivity contribution in [3.63, 3.8) is 0 Å². The van der Waals surface area contributed by atoms with Gasteiger partial charge in [0.2, 0.25) is 0 Å². The highest BCUT2D eigenvalue weighted by Crippen LogP contribution is 2.34. The molecule has 138 valence electrons. The Morgan fingerprint density at radius 2 is 1.96 bits per heavy atom. The van der Waals surface area contributed by atoms with Crippen LogP contribution in [0.3, 0.4) is 0 Å². The molecule has 5 heteroatoms. The van der Waals surface area contributed by atoms with Crippen molar-refractivity contribution in [2.45, 2.75) is 26.7 Å². The molecule has 1 N–H and O–H groups in total. The van der Waals surface area contributed by atoms with Crippen LogP contribution in [-0.2, 0) is 11.2 Å². The molecule has 4 nitrogen and oxygen atoms in total. The molecule has 0 aliphatic carbocycles. The van der Waals surface area contributed by atoms with Crippen LogP contribution in [0.4, 0.5) is 4.39 Å². The number of halogens is 1. The predicted octanol–water partition coefficient (Wildman–Crippen LogP) is 4.30. The fourth-order valence-corrected chi connectivity index (χ4v) is 2.45. The van der Waals surface area contributed by atoms with E-state index >= 15 is 0 Å². The molecule has 0 atom stereocenters. The average Bonchev–Trinajstić information content (AvgIpc) is 2.61. The van der Waals surface area contributed by atoms with Gasteiger partial charge in [-0.3, -0.25) is 0 Å². The Hall–Kier alpha value is -2.66. The molecule has 0 aliphatic rings. The van der Waals surface area contributed by atoms with E-state index in [9.17, 15) is 9.18 Å². The fraction of sp³-hybridized carbons (Fsp3) is 0.286. The van der Waals surface area contributed by atoms with Crippen LogP contribution in [0.5, 0.6) is 11.5 Å². The quantitative estimate of drug-likeness (QED) is 0.434. The van der Waals surface area contributed by atoms with E-state index in [1.807, 2.05) is 13.0 Å². The minimum atomic E-state index is -0.602. The number of carbonyl (C=O) groups is 1. The number of rotatable bonds is 8. The van der Waals surface area contributed by atoms with Gasteiger partial charge < -0.3 is 14.6 Å². The molecule has 0 aromatic heterocycles. The molecule has 0 bridgehead atoms. The summed E-state index contributed by atoms with van der Waals surface area (Å²) in [5, 5.41) is 8.93. The Kier molecular flexibility index (Phi) is 6.92. The summed E-state index contributed by atoms with van der Waals surface area (Å²) in [4.78, 5) is 11.9. The van der Waals surface area contributed by atoms with Gasteiger partial charge in [0.05, 0.1) is 6.61 Å². The number of ether oxygens (including phenoxy) is 2. The molecular weight excluding hydrogens is 335 g/mol. The highest BCUT2D eigenvalue weighted by atomic mass is 19.1. The third-order valence-electron chi connectivity index (χ3n) is 3.73. The maximum Gasteiger partial charge on any atom is 0.338 e. The van der Waals surface area contributed by atoms with Gasteiger partial charge in [-0.05, 0) is 42.7 Å². The number of aryl methyl sites for hydroxylation is 1. The van der Waals surface area contributed by atoms with Crippen molar-refractivity contribution in [1.29, 1.82) is 0 Å². The number of aliphatic hydroxyl groups is 1. The van der Waals surface area contributed by atoms with Gasteiger partial charge in [-0.2, -0.15) is 0 Å². The second-order valence-corrected chi connectivity index (χ2v) is 5.97. The van der Waals surface area contributed by atoms with Crippen LogP contribution >= 0.6 is 0 Å². The van der Waals surface area contributed by atoms with Crippen molar-refractivity contribution >= 4 is 5.97 Å². The minimum absolute atomic E-state index is 0.0526. The first-order valence-electron chi connectivity index (χ1n) is 8.50. The first-order valence-corrected chi connectivity index (χ1v) is 8.50. The maximum absolute atomic E-state index is 14.5. The normalized spacial score (nSPS) is 10.5. The molecule has 0 spiro atoms. The van der Waals surface area contributed by atoms with Crippen LogP contribution in [0.1, 0.15) is 25.8 Å². The van der Waals surface area contributed by atoms with E-state index in [1.165, 1.54) is 13.0 Å². The molecular formula is C21H23FO4. The number of esters is 1. The van der Waals surface area contributed by atoms with E-state index in [2.05, 4.69) is 6.58 Å². The van der Waals surface area contributed by atoms with Crippen molar-refractivity contribution in [1.82, 2.24) is 0 Å². The topological polar surface area (TPSA) is 55.8 Å². The Balaban J connectivity index is 2.40. The molecule has 26 heavy (non-hydrogen) atoms. The largest absolute Gasteiger partial charge is 0.487 e. The summed E-state index contributed by atoms with van der Waals surface area (Å²) in [6, 6.07) is 9.94. The number of hydrogen-bond donors (Lipinski definition) is 1. The van der Waals surface area contributed by atoms with E-state index in [-0.39, 0.29) is 30.4 Å². The molecule has 0 aliphatic heterocycles. The van der Waals surface area contributed by atoms with Crippen molar-refractivity contribution < 1.29 is 23.8 Å². The lowest BCUT2D eigenvalue weighted by Gasteiger charge is -2.13. The summed E-state index contributed by atoms with van der Waals surface area (Å²) in [6.07, 6.45) is 1.75. The first kappa shape index (κ1) is 19.7. The van der Waals surface area contributed by atoms with E-state index in [1.54, 1.807) is 24.3 Å². The maximum atomic E-state index is 14.5. The Morgan fingerprint density at radius 3 is 2.58 bits per heavy atom. The Labute approximate surface area is 152 Å².